The molecule has 0 saturated heterocycles. The molecular formula is C9H16O2. The van der Waals surface area contributed by atoms with Crippen LogP contribution < -0.4 is 0 Å². The average Bonchev–Trinajstić information content (AvgIpc) is 1.98. The third-order valence-electron chi connectivity index (χ3n) is 3.36. The highest BCUT2D eigenvalue weighted by Crippen LogP contribution is 2.39. The minimum Gasteiger partial charge on any atom is -0.393 e. The maximum absolute atomic E-state index is 9.70. The van der Waals surface area contributed by atoms with Crippen molar-refractivity contribution in [2.24, 2.45) is 11.8 Å². The number of aliphatic hydroxyl groups excluding tert-OH is 2. The summed E-state index contributed by atoms with van der Waals surface area (Å²) in [5.74, 6) is 0.694. The molecule has 0 spiro atoms. The van der Waals surface area contributed by atoms with Crippen molar-refractivity contribution in [3.05, 3.63) is 0 Å². The Kier molecular flexibility index (Phi) is 1.90. The van der Waals surface area contributed by atoms with Crippen LogP contribution in [0.1, 0.15) is 32.1 Å². The van der Waals surface area contributed by atoms with Gasteiger partial charge in [0, 0.05) is 5.92 Å². The lowest BCUT2D eigenvalue weighted by atomic mass is 9.69. The maximum Gasteiger partial charge on any atom is 0.0621 e. The van der Waals surface area contributed by atoms with Crippen molar-refractivity contribution in [1.29, 1.82) is 0 Å². The van der Waals surface area contributed by atoms with Crippen LogP contribution in [0, 0.1) is 11.8 Å². The molecule has 0 heterocycles. The summed E-state index contributed by atoms with van der Waals surface area (Å²) in [6.45, 7) is 0. The van der Waals surface area contributed by atoms with E-state index in [1.54, 1.807) is 0 Å². The van der Waals surface area contributed by atoms with Crippen molar-refractivity contribution in [3.63, 3.8) is 0 Å². The Labute approximate surface area is 67.2 Å². The number of hydrogen-bond acceptors (Lipinski definition) is 2. The Morgan fingerprint density at radius 3 is 2.45 bits per heavy atom. The van der Waals surface area contributed by atoms with Gasteiger partial charge >= 0.3 is 0 Å². The summed E-state index contributed by atoms with van der Waals surface area (Å²) in [5, 5.41) is 19.2. The molecule has 0 radical (unpaired) electrons. The van der Waals surface area contributed by atoms with Crippen LogP contribution in [0.15, 0.2) is 0 Å². The Bertz CT molecular complexity index is 146. The monoisotopic (exact) mass is 156 g/mol. The molecule has 0 aromatic rings. The fraction of sp³-hybridized carbons (Fsp3) is 1.00. The first-order chi connectivity index (χ1) is 5.29. The van der Waals surface area contributed by atoms with Crippen LogP contribution in [0.5, 0.6) is 0 Å². The molecule has 2 rings (SSSR count). The number of rotatable bonds is 0. The third kappa shape index (κ3) is 1.18. The summed E-state index contributed by atoms with van der Waals surface area (Å²) >= 11 is 0. The quantitative estimate of drug-likeness (QED) is 0.547. The van der Waals surface area contributed by atoms with Crippen LogP contribution in [0.3, 0.4) is 0 Å². The Morgan fingerprint density at radius 2 is 1.73 bits per heavy atom. The summed E-state index contributed by atoms with van der Waals surface area (Å²) in [5.41, 5.74) is 0. The van der Waals surface area contributed by atoms with E-state index >= 15 is 0 Å². The largest absolute Gasteiger partial charge is 0.393 e. The van der Waals surface area contributed by atoms with Gasteiger partial charge in [-0.3, -0.25) is 0 Å². The van der Waals surface area contributed by atoms with E-state index in [9.17, 15) is 10.2 Å². The summed E-state index contributed by atoms with van der Waals surface area (Å²) in [6, 6.07) is 0. The fourth-order valence-corrected chi connectivity index (χ4v) is 2.64. The molecule has 2 nitrogen and oxygen atoms in total. The predicted molar refractivity (Wildman–Crippen MR) is 42.1 cm³/mol. The van der Waals surface area contributed by atoms with Crippen molar-refractivity contribution in [1.82, 2.24) is 0 Å². The van der Waals surface area contributed by atoms with E-state index in [4.69, 9.17) is 0 Å². The molecule has 11 heavy (non-hydrogen) atoms. The second kappa shape index (κ2) is 2.76. The van der Waals surface area contributed by atoms with E-state index in [-0.39, 0.29) is 18.1 Å². The van der Waals surface area contributed by atoms with Gasteiger partial charge in [-0.1, -0.05) is 6.42 Å². The number of fused-ring (bicyclic) bond motifs is 2. The third-order valence-corrected chi connectivity index (χ3v) is 3.36. The van der Waals surface area contributed by atoms with Crippen molar-refractivity contribution in [2.45, 2.75) is 44.3 Å². The van der Waals surface area contributed by atoms with Gasteiger partial charge in [-0.25, -0.2) is 0 Å². The molecule has 2 N–H and O–H groups in total. The van der Waals surface area contributed by atoms with Gasteiger partial charge in [0.1, 0.15) is 0 Å². The van der Waals surface area contributed by atoms with Crippen molar-refractivity contribution >= 4 is 0 Å². The molecular weight excluding hydrogens is 140 g/mol. The van der Waals surface area contributed by atoms with Crippen LogP contribution >= 0.6 is 0 Å². The highest BCUT2D eigenvalue weighted by atomic mass is 16.3. The molecule has 2 saturated carbocycles. The van der Waals surface area contributed by atoms with E-state index < -0.39 is 0 Å². The van der Waals surface area contributed by atoms with E-state index in [1.165, 1.54) is 12.8 Å². The molecule has 2 aliphatic rings. The van der Waals surface area contributed by atoms with Crippen LogP contribution in [0.25, 0.3) is 0 Å². The van der Waals surface area contributed by atoms with Crippen LogP contribution in [0.2, 0.25) is 0 Å². The number of aliphatic hydroxyl groups is 2. The van der Waals surface area contributed by atoms with Gasteiger partial charge < -0.3 is 10.2 Å². The van der Waals surface area contributed by atoms with E-state index in [2.05, 4.69) is 0 Å². The molecule has 64 valence electrons. The lowest BCUT2D eigenvalue weighted by Crippen LogP contribution is -2.44. The van der Waals surface area contributed by atoms with E-state index in [0.29, 0.717) is 5.92 Å². The standard InChI is InChI=1S/C9H16O2/c10-8-5-4-6-2-1-3-7(8)9(6)11/h6-11H,1-5H2/t6-,7+,8-,9-/m1/s1. The molecule has 2 aliphatic carbocycles. The number of hydrogen-bond donors (Lipinski definition) is 2. The first-order valence-electron chi connectivity index (χ1n) is 4.65. The zero-order valence-electron chi connectivity index (χ0n) is 6.74. The molecule has 0 aromatic heterocycles. The summed E-state index contributed by atoms with van der Waals surface area (Å²) in [6.07, 6.45) is 4.91. The molecule has 2 heteroatoms. The van der Waals surface area contributed by atoms with Crippen LogP contribution in [-0.4, -0.2) is 22.4 Å². The smallest absolute Gasteiger partial charge is 0.0621 e. The van der Waals surface area contributed by atoms with Crippen LogP contribution in [0.4, 0.5) is 0 Å². The summed E-state index contributed by atoms with van der Waals surface area (Å²) in [7, 11) is 0. The molecule has 0 aromatic carbocycles. The Balaban J connectivity index is 2.09. The van der Waals surface area contributed by atoms with E-state index in [1.807, 2.05) is 0 Å². The minimum atomic E-state index is -0.221. The van der Waals surface area contributed by atoms with Gasteiger partial charge in [0.2, 0.25) is 0 Å². The van der Waals surface area contributed by atoms with Gasteiger partial charge in [0.15, 0.2) is 0 Å². The summed E-state index contributed by atoms with van der Waals surface area (Å²) < 4.78 is 0. The Morgan fingerprint density at radius 1 is 0.909 bits per heavy atom. The Hall–Kier alpha value is -0.0800. The second-order valence-electron chi connectivity index (χ2n) is 3.99. The van der Waals surface area contributed by atoms with Gasteiger partial charge in [0.05, 0.1) is 12.2 Å². The molecule has 0 unspecified atom stereocenters. The molecule has 4 atom stereocenters. The fourth-order valence-electron chi connectivity index (χ4n) is 2.64. The topological polar surface area (TPSA) is 40.5 Å². The van der Waals surface area contributed by atoms with Gasteiger partial charge in [-0.05, 0) is 31.6 Å². The highest BCUT2D eigenvalue weighted by molar-refractivity contribution is 4.90. The normalized spacial score (nSPS) is 50.7. The van der Waals surface area contributed by atoms with Gasteiger partial charge in [-0.15, -0.1) is 0 Å². The predicted octanol–water partition coefficient (Wildman–Crippen LogP) is 0.918. The molecule has 0 aliphatic heterocycles. The summed E-state index contributed by atoms with van der Waals surface area (Å²) in [4.78, 5) is 0. The lowest BCUT2D eigenvalue weighted by molar-refractivity contribution is -0.0810. The highest BCUT2D eigenvalue weighted by Gasteiger charge is 2.39. The molecule has 0 amide bonds. The average molecular weight is 156 g/mol. The van der Waals surface area contributed by atoms with Gasteiger partial charge in [0.25, 0.3) is 0 Å². The van der Waals surface area contributed by atoms with Crippen molar-refractivity contribution < 1.29 is 10.2 Å². The second-order valence-corrected chi connectivity index (χ2v) is 3.99. The zero-order valence-corrected chi connectivity index (χ0v) is 6.74. The molecule has 2 bridgehead atoms. The first-order valence-corrected chi connectivity index (χ1v) is 4.65. The first kappa shape index (κ1) is 7.56. The maximum atomic E-state index is 9.70. The molecule has 2 fully saturated rings. The minimum absolute atomic E-state index is 0.197. The van der Waals surface area contributed by atoms with Crippen molar-refractivity contribution in [2.75, 3.05) is 0 Å². The SMILES string of the molecule is O[C@@H]1[C@@H]2CCC[C@H]1[C@H](O)CC2. The lowest BCUT2D eigenvalue weighted by Gasteiger charge is -2.42. The zero-order chi connectivity index (χ0) is 7.84. The van der Waals surface area contributed by atoms with Crippen LogP contribution in [-0.2, 0) is 0 Å². The van der Waals surface area contributed by atoms with E-state index in [0.717, 1.165) is 19.3 Å². The van der Waals surface area contributed by atoms with Crippen molar-refractivity contribution in [3.8, 4) is 0 Å². The van der Waals surface area contributed by atoms with Gasteiger partial charge in [-0.2, -0.15) is 0 Å².